The first-order valence-corrected chi connectivity index (χ1v) is 14.3. The fraction of sp³-hybridized carbons (Fsp3) is 0.219. The van der Waals surface area contributed by atoms with Crippen molar-refractivity contribution in [2.75, 3.05) is 24.5 Å². The third kappa shape index (κ3) is 6.77. The summed E-state index contributed by atoms with van der Waals surface area (Å²) in [6, 6.07) is 28.0. The molecule has 1 aliphatic heterocycles. The molecule has 9 heteroatoms. The van der Waals surface area contributed by atoms with Gasteiger partial charge in [-0.05, 0) is 40.6 Å². The summed E-state index contributed by atoms with van der Waals surface area (Å²) in [6.07, 6.45) is -0.623. The van der Waals surface area contributed by atoms with Crippen LogP contribution in [0.15, 0.2) is 101 Å². The molecule has 0 spiro atoms. The first kappa shape index (κ1) is 28.4. The van der Waals surface area contributed by atoms with E-state index in [2.05, 4.69) is 10.6 Å². The van der Waals surface area contributed by atoms with Gasteiger partial charge in [0.2, 0.25) is 11.8 Å². The number of nitrogens with zero attached hydrogens (tertiary/aromatic N) is 1. The third-order valence-corrected chi connectivity index (χ3v) is 8.13. The van der Waals surface area contributed by atoms with E-state index in [9.17, 15) is 19.5 Å². The number of aliphatic hydroxyl groups excluding tert-OH is 1. The molecule has 0 radical (unpaired) electrons. The molecule has 210 valence electrons. The Morgan fingerprint density at radius 1 is 0.902 bits per heavy atom. The van der Waals surface area contributed by atoms with Crippen LogP contribution in [0.3, 0.4) is 0 Å². The molecule has 3 amide bonds. The Labute approximate surface area is 242 Å². The number of rotatable bonds is 10. The van der Waals surface area contributed by atoms with Gasteiger partial charge in [0.1, 0.15) is 6.04 Å². The third-order valence-electron chi connectivity index (χ3n) is 6.99. The van der Waals surface area contributed by atoms with Crippen molar-refractivity contribution in [1.82, 2.24) is 10.6 Å². The van der Waals surface area contributed by atoms with Crippen LogP contribution in [0.2, 0.25) is 0 Å². The van der Waals surface area contributed by atoms with E-state index in [1.165, 1.54) is 11.8 Å². The quantitative estimate of drug-likeness (QED) is 0.232. The van der Waals surface area contributed by atoms with Crippen LogP contribution in [-0.4, -0.2) is 54.6 Å². The molecular weight excluding hydrogens is 536 g/mol. The Morgan fingerprint density at radius 2 is 1.61 bits per heavy atom. The predicted octanol–water partition coefficient (Wildman–Crippen LogP) is 3.50. The Morgan fingerprint density at radius 3 is 2.41 bits per heavy atom. The summed E-state index contributed by atoms with van der Waals surface area (Å²) in [6.45, 7) is 0.136. The summed E-state index contributed by atoms with van der Waals surface area (Å²) in [7, 11) is 0. The summed E-state index contributed by atoms with van der Waals surface area (Å²) < 4.78 is 0. The van der Waals surface area contributed by atoms with Crippen molar-refractivity contribution in [3.05, 3.63) is 102 Å². The molecule has 5 rings (SSSR count). The zero-order valence-electron chi connectivity index (χ0n) is 22.5. The van der Waals surface area contributed by atoms with E-state index < -0.39 is 18.1 Å². The highest BCUT2D eigenvalue weighted by Crippen LogP contribution is 2.41. The molecule has 1 aliphatic rings. The minimum atomic E-state index is -0.883. The second kappa shape index (κ2) is 13.0. The lowest BCUT2D eigenvalue weighted by Gasteiger charge is -2.24. The molecule has 2 atom stereocenters. The predicted molar refractivity (Wildman–Crippen MR) is 161 cm³/mol. The van der Waals surface area contributed by atoms with Gasteiger partial charge in [0.05, 0.1) is 17.4 Å². The van der Waals surface area contributed by atoms with E-state index in [4.69, 9.17) is 5.73 Å². The van der Waals surface area contributed by atoms with Crippen LogP contribution in [0.5, 0.6) is 0 Å². The minimum absolute atomic E-state index is 0.000165. The summed E-state index contributed by atoms with van der Waals surface area (Å²) >= 11 is 1.53. The number of fused-ring (bicyclic) bond motifs is 3. The highest BCUT2D eigenvalue weighted by Gasteiger charge is 2.28. The number of nitrogens with two attached hydrogens (primary N) is 1. The van der Waals surface area contributed by atoms with Crippen LogP contribution in [0, 0.1) is 0 Å². The van der Waals surface area contributed by atoms with Gasteiger partial charge in [-0.2, -0.15) is 0 Å². The normalized spacial score (nSPS) is 14.0. The molecule has 41 heavy (non-hydrogen) atoms. The van der Waals surface area contributed by atoms with Crippen LogP contribution in [0.25, 0.3) is 10.8 Å². The molecule has 0 aliphatic carbocycles. The molecule has 8 nitrogen and oxygen atoms in total. The molecule has 4 aromatic carbocycles. The van der Waals surface area contributed by atoms with E-state index in [0.29, 0.717) is 5.56 Å². The SMILES string of the molecule is NCC(O)CNC(=O)C(Cc1ccc2ccccc2c1)NC(=O)CCN1C(=O)c2ccccc2Sc2ccccc21. The fourth-order valence-electron chi connectivity index (χ4n) is 4.81. The van der Waals surface area contributed by atoms with E-state index in [1.54, 1.807) is 11.0 Å². The molecule has 0 aromatic heterocycles. The number of aliphatic hydroxyl groups is 1. The maximum absolute atomic E-state index is 13.6. The number of carbonyl (C=O) groups is 3. The zero-order chi connectivity index (χ0) is 28.8. The average Bonchev–Trinajstić information content (AvgIpc) is 3.11. The van der Waals surface area contributed by atoms with Gasteiger partial charge in [0, 0.05) is 42.3 Å². The van der Waals surface area contributed by atoms with Crippen LogP contribution >= 0.6 is 11.8 Å². The number of para-hydroxylation sites is 1. The summed E-state index contributed by atoms with van der Waals surface area (Å²) in [5.41, 5.74) is 7.69. The summed E-state index contributed by atoms with van der Waals surface area (Å²) in [5.74, 6) is -0.951. The van der Waals surface area contributed by atoms with Crippen LogP contribution in [-0.2, 0) is 16.0 Å². The maximum atomic E-state index is 13.6. The number of carbonyl (C=O) groups excluding carboxylic acids is 3. The Bertz CT molecular complexity index is 1580. The first-order valence-electron chi connectivity index (χ1n) is 13.5. The molecule has 0 bridgehead atoms. The van der Waals surface area contributed by atoms with Gasteiger partial charge in [-0.1, -0.05) is 78.5 Å². The standard InChI is InChI=1S/C32H32N4O4S/c33-19-24(37)20-34-31(39)26(18-21-13-14-22-7-1-2-8-23(22)17-21)35-30(38)15-16-36-27-10-4-6-12-29(27)41-28-11-5-3-9-25(28)32(36)40/h1-14,17,24,26,37H,15-16,18-20,33H2,(H,34,39)(H,35,38). The number of nitrogens with one attached hydrogen (secondary N) is 2. The molecule has 2 unspecified atom stereocenters. The number of hydrogen-bond acceptors (Lipinski definition) is 6. The lowest BCUT2D eigenvalue weighted by atomic mass is 10.0. The highest BCUT2D eigenvalue weighted by molar-refractivity contribution is 7.99. The zero-order valence-corrected chi connectivity index (χ0v) is 23.3. The highest BCUT2D eigenvalue weighted by atomic mass is 32.2. The molecule has 0 saturated heterocycles. The Kier molecular flexibility index (Phi) is 8.98. The lowest BCUT2D eigenvalue weighted by molar-refractivity contribution is -0.129. The maximum Gasteiger partial charge on any atom is 0.259 e. The summed E-state index contributed by atoms with van der Waals surface area (Å²) in [4.78, 5) is 43.3. The second-order valence-electron chi connectivity index (χ2n) is 9.91. The number of anilines is 1. The van der Waals surface area contributed by atoms with Crippen LogP contribution < -0.4 is 21.3 Å². The molecule has 5 N–H and O–H groups in total. The topological polar surface area (TPSA) is 125 Å². The number of hydrogen-bond donors (Lipinski definition) is 4. The molecular formula is C32H32N4O4S. The number of benzene rings is 4. The van der Waals surface area contributed by atoms with Gasteiger partial charge < -0.3 is 26.4 Å². The molecule has 4 aromatic rings. The van der Waals surface area contributed by atoms with Gasteiger partial charge in [-0.25, -0.2) is 0 Å². The Balaban J connectivity index is 1.32. The van der Waals surface area contributed by atoms with Crippen LogP contribution in [0.4, 0.5) is 5.69 Å². The first-order chi connectivity index (χ1) is 19.9. The average molecular weight is 569 g/mol. The monoisotopic (exact) mass is 568 g/mol. The lowest BCUT2D eigenvalue weighted by Crippen LogP contribution is -2.50. The molecule has 0 fully saturated rings. The van der Waals surface area contributed by atoms with Crippen molar-refractivity contribution in [3.63, 3.8) is 0 Å². The van der Waals surface area contributed by atoms with E-state index >= 15 is 0 Å². The number of amides is 3. The van der Waals surface area contributed by atoms with Crippen molar-refractivity contribution in [3.8, 4) is 0 Å². The van der Waals surface area contributed by atoms with E-state index in [1.807, 2.05) is 84.9 Å². The van der Waals surface area contributed by atoms with Crippen molar-refractivity contribution in [2.24, 2.45) is 5.73 Å². The van der Waals surface area contributed by atoms with Gasteiger partial charge >= 0.3 is 0 Å². The second-order valence-corrected chi connectivity index (χ2v) is 11.0. The van der Waals surface area contributed by atoms with Gasteiger partial charge in [-0.3, -0.25) is 14.4 Å². The Hall–Kier alpha value is -4.18. The van der Waals surface area contributed by atoms with Crippen molar-refractivity contribution >= 4 is 45.9 Å². The fourth-order valence-corrected chi connectivity index (χ4v) is 5.89. The van der Waals surface area contributed by atoms with Gasteiger partial charge in [-0.15, -0.1) is 0 Å². The molecule has 0 saturated carbocycles. The summed E-state index contributed by atoms with van der Waals surface area (Å²) in [5, 5.41) is 17.5. The van der Waals surface area contributed by atoms with E-state index in [0.717, 1.165) is 31.8 Å². The van der Waals surface area contributed by atoms with Crippen molar-refractivity contribution in [2.45, 2.75) is 34.8 Å². The van der Waals surface area contributed by atoms with Gasteiger partial charge in [0.15, 0.2) is 0 Å². The van der Waals surface area contributed by atoms with Crippen molar-refractivity contribution < 1.29 is 19.5 Å². The largest absolute Gasteiger partial charge is 0.390 e. The smallest absolute Gasteiger partial charge is 0.259 e. The van der Waals surface area contributed by atoms with Crippen LogP contribution in [0.1, 0.15) is 22.3 Å². The van der Waals surface area contributed by atoms with E-state index in [-0.39, 0.29) is 44.3 Å². The van der Waals surface area contributed by atoms with Crippen molar-refractivity contribution in [1.29, 1.82) is 0 Å². The van der Waals surface area contributed by atoms with Gasteiger partial charge in [0.25, 0.3) is 5.91 Å². The molecule has 1 heterocycles. The minimum Gasteiger partial charge on any atom is -0.390 e.